The first-order chi connectivity index (χ1) is 15.8. The lowest BCUT2D eigenvalue weighted by molar-refractivity contribution is -0.393. The maximum absolute atomic E-state index is 13.3. The predicted octanol–water partition coefficient (Wildman–Crippen LogP) is 2.42. The van der Waals surface area contributed by atoms with E-state index < -0.39 is 44.8 Å². The Morgan fingerprint density at radius 2 is 1.79 bits per heavy atom. The van der Waals surface area contributed by atoms with Gasteiger partial charge in [0.05, 0.1) is 40.4 Å². The topological polar surface area (TPSA) is 145 Å². The van der Waals surface area contributed by atoms with Gasteiger partial charge >= 0.3 is 0 Å². The predicted molar refractivity (Wildman–Crippen MR) is 114 cm³/mol. The first-order valence-electron chi connectivity index (χ1n) is 10.2. The van der Waals surface area contributed by atoms with Crippen molar-refractivity contribution in [3.63, 3.8) is 0 Å². The zero-order valence-electron chi connectivity index (χ0n) is 17.1. The fourth-order valence-corrected chi connectivity index (χ4v) is 4.86. The van der Waals surface area contributed by atoms with Crippen LogP contribution in [0.4, 0.5) is 17.1 Å². The Morgan fingerprint density at radius 1 is 1.03 bits per heavy atom. The summed E-state index contributed by atoms with van der Waals surface area (Å²) < 4.78 is 6.03. The number of ether oxygens (including phenoxy) is 1. The summed E-state index contributed by atoms with van der Waals surface area (Å²) in [4.78, 5) is 48.6. The first kappa shape index (κ1) is 20.8. The first-order valence-corrected chi connectivity index (χ1v) is 10.2. The third-order valence-corrected chi connectivity index (χ3v) is 6.37. The van der Waals surface area contributed by atoms with Crippen LogP contribution >= 0.6 is 0 Å². The van der Waals surface area contributed by atoms with Gasteiger partial charge in [0.1, 0.15) is 11.3 Å². The van der Waals surface area contributed by atoms with E-state index in [4.69, 9.17) is 4.74 Å². The summed E-state index contributed by atoms with van der Waals surface area (Å²) in [5.74, 6) is -2.06. The Balaban J connectivity index is 1.39. The molecule has 2 bridgehead atoms. The third-order valence-electron chi connectivity index (χ3n) is 6.37. The van der Waals surface area contributed by atoms with Crippen molar-refractivity contribution in [1.29, 1.82) is 0 Å². The highest BCUT2D eigenvalue weighted by molar-refractivity contribution is 6.07. The summed E-state index contributed by atoms with van der Waals surface area (Å²) in [5.41, 5.74) is -1.14. The van der Waals surface area contributed by atoms with Crippen LogP contribution in [0.2, 0.25) is 0 Å². The number of nitrogens with zero attached hydrogens (tertiary/aromatic N) is 3. The van der Waals surface area contributed by atoms with Crippen LogP contribution in [-0.2, 0) is 20.9 Å². The van der Waals surface area contributed by atoms with E-state index >= 15 is 0 Å². The number of non-ortho nitro benzene ring substituents is 1. The van der Waals surface area contributed by atoms with Crippen LogP contribution in [0, 0.1) is 32.1 Å². The van der Waals surface area contributed by atoms with Crippen molar-refractivity contribution in [2.75, 3.05) is 11.9 Å². The smallest absolute Gasteiger partial charge is 0.299 e. The lowest BCUT2D eigenvalue weighted by Crippen LogP contribution is -2.45. The molecule has 33 heavy (non-hydrogen) atoms. The zero-order valence-corrected chi connectivity index (χ0v) is 17.1. The molecule has 4 atom stereocenters. The lowest BCUT2D eigenvalue weighted by atomic mass is 9.77. The second-order valence-corrected chi connectivity index (χ2v) is 8.22. The van der Waals surface area contributed by atoms with Crippen molar-refractivity contribution < 1.29 is 24.2 Å². The molecule has 168 valence electrons. The fourth-order valence-electron chi connectivity index (χ4n) is 4.86. The number of nitrogens with one attached hydrogen (secondary N) is 1. The molecule has 0 saturated carbocycles. The average molecular weight is 450 g/mol. The largest absolute Gasteiger partial charge is 0.376 e. The van der Waals surface area contributed by atoms with Crippen molar-refractivity contribution in [1.82, 2.24) is 4.90 Å². The lowest BCUT2D eigenvalue weighted by Gasteiger charge is -2.29. The second-order valence-electron chi connectivity index (χ2n) is 8.22. The molecular weight excluding hydrogens is 432 g/mol. The molecule has 0 radical (unpaired) electrons. The molecule has 5 rings (SSSR count). The zero-order chi connectivity index (χ0) is 23.3. The van der Waals surface area contributed by atoms with Crippen LogP contribution in [0.25, 0.3) is 0 Å². The van der Waals surface area contributed by atoms with Gasteiger partial charge in [-0.15, -0.1) is 0 Å². The number of fused-ring (bicyclic) bond motifs is 5. The molecule has 0 unspecified atom stereocenters. The van der Waals surface area contributed by atoms with Crippen molar-refractivity contribution in [3.05, 3.63) is 86.5 Å². The van der Waals surface area contributed by atoms with Crippen LogP contribution in [0.1, 0.15) is 5.56 Å². The molecule has 2 amide bonds. The van der Waals surface area contributed by atoms with Crippen molar-refractivity contribution in [2.24, 2.45) is 11.8 Å². The van der Waals surface area contributed by atoms with Crippen molar-refractivity contribution in [3.8, 4) is 0 Å². The highest BCUT2D eigenvalue weighted by Crippen LogP contribution is 2.52. The molecule has 3 aliphatic rings. The molecule has 11 heteroatoms. The molecule has 0 spiro atoms. The minimum atomic E-state index is -1.15. The maximum atomic E-state index is 13.3. The van der Waals surface area contributed by atoms with Gasteiger partial charge in [-0.05, 0) is 11.6 Å². The number of rotatable bonds is 7. The van der Waals surface area contributed by atoms with Gasteiger partial charge in [-0.2, -0.15) is 0 Å². The number of nitro benzene ring substituents is 2. The maximum Gasteiger partial charge on any atom is 0.299 e. The molecule has 3 aliphatic heterocycles. The number of benzene rings is 2. The summed E-state index contributed by atoms with van der Waals surface area (Å²) in [7, 11) is 0. The number of imide groups is 1. The molecular formula is C22H18N4O7. The van der Waals surface area contributed by atoms with E-state index in [0.29, 0.717) is 0 Å². The summed E-state index contributed by atoms with van der Waals surface area (Å²) in [6, 6.07) is 12.5. The van der Waals surface area contributed by atoms with E-state index in [9.17, 15) is 29.8 Å². The number of amides is 2. The Kier molecular flexibility index (Phi) is 4.71. The monoisotopic (exact) mass is 450 g/mol. The second kappa shape index (κ2) is 7.48. The number of anilines is 1. The molecule has 2 aromatic rings. The normalized spacial score (nSPS) is 27.2. The quantitative estimate of drug-likeness (QED) is 0.293. The number of hydrogen-bond acceptors (Lipinski definition) is 8. The molecule has 3 heterocycles. The van der Waals surface area contributed by atoms with Gasteiger partial charge in [-0.3, -0.25) is 34.7 Å². The van der Waals surface area contributed by atoms with Crippen LogP contribution < -0.4 is 5.32 Å². The van der Waals surface area contributed by atoms with Gasteiger partial charge < -0.3 is 10.1 Å². The van der Waals surface area contributed by atoms with Gasteiger partial charge in [0, 0.05) is 12.6 Å². The average Bonchev–Trinajstić information content (AvgIpc) is 3.44. The highest BCUT2D eigenvalue weighted by Gasteiger charge is 2.67. The molecule has 2 aromatic carbocycles. The van der Waals surface area contributed by atoms with Gasteiger partial charge in [0.25, 0.3) is 11.4 Å². The number of carbonyl (C=O) groups is 2. The standard InChI is InChI=1S/C22H18N4O7/c27-20-18-17-8-9-22(33-17,19(18)21(28)24(20)11-13-4-2-1-3-5-13)12-23-15-7-6-14(25(29)30)10-16(15)26(31)32/h1-10,17-19,23H,11-12H2/t17-,18-,19-,22+/m1/s1. The van der Waals surface area contributed by atoms with E-state index in [1.807, 2.05) is 30.3 Å². The van der Waals surface area contributed by atoms with Crippen LogP contribution in [0.5, 0.6) is 0 Å². The summed E-state index contributed by atoms with van der Waals surface area (Å²) in [6.07, 6.45) is 2.91. The van der Waals surface area contributed by atoms with Gasteiger partial charge in [-0.1, -0.05) is 42.5 Å². The van der Waals surface area contributed by atoms with Gasteiger partial charge in [0.2, 0.25) is 11.8 Å². The third kappa shape index (κ3) is 3.24. The van der Waals surface area contributed by atoms with E-state index in [1.54, 1.807) is 12.2 Å². The van der Waals surface area contributed by atoms with E-state index in [-0.39, 0.29) is 30.6 Å². The van der Waals surface area contributed by atoms with Crippen molar-refractivity contribution in [2.45, 2.75) is 18.2 Å². The van der Waals surface area contributed by atoms with Crippen LogP contribution in [0.3, 0.4) is 0 Å². The van der Waals surface area contributed by atoms with Crippen LogP contribution in [-0.4, -0.2) is 44.8 Å². The molecule has 0 aliphatic carbocycles. The molecule has 11 nitrogen and oxygen atoms in total. The molecule has 2 saturated heterocycles. The van der Waals surface area contributed by atoms with Crippen LogP contribution in [0.15, 0.2) is 60.7 Å². The Bertz CT molecular complexity index is 1210. The highest BCUT2D eigenvalue weighted by atomic mass is 16.6. The number of carbonyl (C=O) groups excluding carboxylic acids is 2. The minimum Gasteiger partial charge on any atom is -0.376 e. The summed E-state index contributed by atoms with van der Waals surface area (Å²) in [6.45, 7) is 0.146. The SMILES string of the molecule is O=C1[C@@H]2[C@H]3C=C[C@@](CNc4ccc([N+](=O)[O-])cc4[N+](=O)[O-])(O3)[C@H]2C(=O)N1Cc1ccccc1. The van der Waals surface area contributed by atoms with E-state index in [2.05, 4.69) is 5.32 Å². The Labute approximate surface area is 186 Å². The minimum absolute atomic E-state index is 0.0159. The molecule has 0 aromatic heterocycles. The number of hydrogen-bond donors (Lipinski definition) is 1. The van der Waals surface area contributed by atoms with E-state index in [0.717, 1.165) is 17.7 Å². The van der Waals surface area contributed by atoms with E-state index in [1.165, 1.54) is 11.0 Å². The number of nitro groups is 2. The molecule has 2 fully saturated rings. The fraction of sp³-hybridized carbons (Fsp3) is 0.273. The summed E-state index contributed by atoms with van der Waals surface area (Å²) in [5, 5.41) is 25.3. The Hall–Kier alpha value is -4.12. The summed E-state index contributed by atoms with van der Waals surface area (Å²) >= 11 is 0. The number of likely N-dealkylation sites (tertiary alicyclic amines) is 1. The Morgan fingerprint density at radius 3 is 2.48 bits per heavy atom. The van der Waals surface area contributed by atoms with Gasteiger partial charge in [-0.25, -0.2) is 0 Å². The van der Waals surface area contributed by atoms with Gasteiger partial charge in [0.15, 0.2) is 0 Å². The van der Waals surface area contributed by atoms with Crippen molar-refractivity contribution >= 4 is 28.9 Å². The molecule has 1 N–H and O–H groups in total.